The maximum Gasteiger partial charge on any atom is 0.327 e. The molecule has 3 N–H and O–H groups in total. The van der Waals surface area contributed by atoms with Crippen molar-refractivity contribution >= 4 is 29.6 Å². The molecule has 0 aliphatic rings. The third-order valence-corrected chi connectivity index (χ3v) is 2.48. The molecule has 0 radical (unpaired) electrons. The van der Waals surface area contributed by atoms with Crippen molar-refractivity contribution in [3.05, 3.63) is 0 Å². The molecule has 0 spiro atoms. The van der Waals surface area contributed by atoms with E-state index in [0.29, 0.717) is 0 Å². The van der Waals surface area contributed by atoms with Crippen molar-refractivity contribution in [2.75, 3.05) is 11.5 Å². The number of hydrogen-bond donors (Lipinski definition) is 3. The van der Waals surface area contributed by atoms with E-state index in [0.717, 1.165) is 11.8 Å². The Morgan fingerprint density at radius 1 is 1.33 bits per heavy atom. The highest BCUT2D eigenvalue weighted by atomic mass is 32.2. The van der Waals surface area contributed by atoms with Gasteiger partial charge in [0.2, 0.25) is 5.91 Å². The van der Waals surface area contributed by atoms with Crippen molar-refractivity contribution in [2.24, 2.45) is 0 Å². The Morgan fingerprint density at radius 3 is 2.33 bits per heavy atom. The van der Waals surface area contributed by atoms with Crippen LogP contribution in [0.5, 0.6) is 0 Å². The molecule has 1 atom stereocenters. The van der Waals surface area contributed by atoms with Crippen LogP contribution in [-0.4, -0.2) is 45.6 Å². The molecule has 7 heteroatoms. The van der Waals surface area contributed by atoms with Gasteiger partial charge in [0.1, 0.15) is 6.04 Å². The monoisotopic (exact) mass is 235 g/mol. The third kappa shape index (κ3) is 6.78. The molecular formula is C8H13NO5S. The number of hydrogen-bond acceptors (Lipinski definition) is 4. The molecule has 0 aliphatic heterocycles. The lowest BCUT2D eigenvalue weighted by molar-refractivity contribution is -0.141. The summed E-state index contributed by atoms with van der Waals surface area (Å²) in [5, 5.41) is 19.3. The average Bonchev–Trinajstić information content (AvgIpc) is 2.15. The van der Waals surface area contributed by atoms with Crippen LogP contribution in [0.2, 0.25) is 0 Å². The number of carboxylic acid groups (broad SMARTS) is 2. The molecule has 0 fully saturated rings. The summed E-state index contributed by atoms with van der Waals surface area (Å²) in [6.45, 7) is 1.61. The average molecular weight is 235 g/mol. The maximum atomic E-state index is 10.9. The maximum absolute atomic E-state index is 10.9. The number of thioether (sulfide) groups is 1. The first-order valence-corrected chi connectivity index (χ1v) is 5.44. The van der Waals surface area contributed by atoms with Crippen LogP contribution in [-0.2, 0) is 14.4 Å². The smallest absolute Gasteiger partial charge is 0.327 e. The summed E-state index contributed by atoms with van der Waals surface area (Å²) in [4.78, 5) is 31.7. The summed E-state index contributed by atoms with van der Waals surface area (Å²) in [5.41, 5.74) is 0. The molecule has 0 heterocycles. The minimum atomic E-state index is -1.16. The van der Waals surface area contributed by atoms with E-state index < -0.39 is 18.0 Å². The summed E-state index contributed by atoms with van der Waals surface area (Å²) in [6.07, 6.45) is 0.202. The Labute approximate surface area is 91.0 Å². The van der Waals surface area contributed by atoms with Crippen molar-refractivity contribution in [3.63, 3.8) is 0 Å². The summed E-state index contributed by atoms with van der Waals surface area (Å²) in [5.74, 6) is -2.65. The lowest BCUT2D eigenvalue weighted by Gasteiger charge is -2.12. The lowest BCUT2D eigenvalue weighted by atomic mass is 10.3. The van der Waals surface area contributed by atoms with Gasteiger partial charge in [-0.15, -0.1) is 11.8 Å². The van der Waals surface area contributed by atoms with E-state index in [1.165, 1.54) is 0 Å². The quantitative estimate of drug-likeness (QED) is 0.563. The SMILES string of the molecule is CCC(=O)N[C@@H](CSCC(=O)O)C(=O)O. The first-order chi connectivity index (χ1) is 6.97. The molecule has 0 aromatic heterocycles. The molecule has 0 saturated carbocycles. The second-order valence-electron chi connectivity index (χ2n) is 2.72. The van der Waals surface area contributed by atoms with Gasteiger partial charge in [-0.3, -0.25) is 9.59 Å². The van der Waals surface area contributed by atoms with Gasteiger partial charge in [-0.2, -0.15) is 0 Å². The lowest BCUT2D eigenvalue weighted by Crippen LogP contribution is -2.42. The van der Waals surface area contributed by atoms with Crippen molar-refractivity contribution in [1.82, 2.24) is 5.32 Å². The second kappa shape index (κ2) is 7.10. The minimum absolute atomic E-state index is 0.0490. The van der Waals surface area contributed by atoms with Crippen LogP contribution in [0.4, 0.5) is 0 Å². The van der Waals surface area contributed by atoms with Crippen LogP contribution in [0.3, 0.4) is 0 Å². The van der Waals surface area contributed by atoms with E-state index in [4.69, 9.17) is 10.2 Å². The molecule has 86 valence electrons. The first kappa shape index (κ1) is 13.8. The predicted molar refractivity (Wildman–Crippen MR) is 54.8 cm³/mol. The largest absolute Gasteiger partial charge is 0.481 e. The Morgan fingerprint density at radius 2 is 1.93 bits per heavy atom. The molecule has 0 aromatic rings. The Balaban J connectivity index is 4.00. The van der Waals surface area contributed by atoms with Crippen molar-refractivity contribution in [1.29, 1.82) is 0 Å². The molecule has 6 nitrogen and oxygen atoms in total. The molecular weight excluding hydrogens is 222 g/mol. The van der Waals surface area contributed by atoms with Gasteiger partial charge in [0.05, 0.1) is 5.75 Å². The highest BCUT2D eigenvalue weighted by molar-refractivity contribution is 8.00. The van der Waals surface area contributed by atoms with Crippen molar-refractivity contribution in [2.45, 2.75) is 19.4 Å². The summed E-state index contributed by atoms with van der Waals surface area (Å²) >= 11 is 0.955. The molecule has 0 rings (SSSR count). The zero-order valence-corrected chi connectivity index (χ0v) is 9.04. The molecule has 0 aliphatic carbocycles. The highest BCUT2D eigenvalue weighted by Crippen LogP contribution is 2.03. The van der Waals surface area contributed by atoms with Crippen LogP contribution in [0.15, 0.2) is 0 Å². The zero-order chi connectivity index (χ0) is 11.8. The number of aliphatic carboxylic acids is 2. The number of carbonyl (C=O) groups excluding carboxylic acids is 1. The van der Waals surface area contributed by atoms with E-state index in [1.807, 2.05) is 0 Å². The summed E-state index contributed by atoms with van der Waals surface area (Å²) in [6, 6.07) is -1.03. The fourth-order valence-electron chi connectivity index (χ4n) is 0.735. The number of carbonyl (C=O) groups is 3. The Hall–Kier alpha value is -1.24. The minimum Gasteiger partial charge on any atom is -0.481 e. The number of carboxylic acids is 2. The van der Waals surface area contributed by atoms with E-state index in [1.54, 1.807) is 6.92 Å². The fourth-order valence-corrected chi connectivity index (χ4v) is 1.49. The number of nitrogens with one attached hydrogen (secondary N) is 1. The van der Waals surface area contributed by atoms with E-state index in [-0.39, 0.29) is 23.8 Å². The van der Waals surface area contributed by atoms with E-state index >= 15 is 0 Å². The topological polar surface area (TPSA) is 104 Å². The van der Waals surface area contributed by atoms with E-state index in [9.17, 15) is 14.4 Å². The number of amides is 1. The van der Waals surface area contributed by atoms with Crippen LogP contribution >= 0.6 is 11.8 Å². The fraction of sp³-hybridized carbons (Fsp3) is 0.625. The molecule has 0 aromatic carbocycles. The molecule has 0 saturated heterocycles. The normalized spacial score (nSPS) is 11.8. The third-order valence-electron chi connectivity index (χ3n) is 1.46. The second-order valence-corrected chi connectivity index (χ2v) is 3.75. The predicted octanol–water partition coefficient (Wildman–Crippen LogP) is -0.216. The highest BCUT2D eigenvalue weighted by Gasteiger charge is 2.19. The van der Waals surface area contributed by atoms with Gasteiger partial charge in [0.25, 0.3) is 0 Å². The van der Waals surface area contributed by atoms with E-state index in [2.05, 4.69) is 5.32 Å². The van der Waals surface area contributed by atoms with Gasteiger partial charge in [-0.25, -0.2) is 4.79 Å². The molecule has 15 heavy (non-hydrogen) atoms. The van der Waals surface area contributed by atoms with Gasteiger partial charge in [0.15, 0.2) is 0 Å². The van der Waals surface area contributed by atoms with Crippen LogP contribution in [0, 0.1) is 0 Å². The van der Waals surface area contributed by atoms with Gasteiger partial charge in [-0.1, -0.05) is 6.92 Å². The Bertz CT molecular complexity index is 255. The van der Waals surface area contributed by atoms with Crippen LogP contribution < -0.4 is 5.32 Å². The molecule has 0 bridgehead atoms. The first-order valence-electron chi connectivity index (χ1n) is 4.29. The molecule has 0 unspecified atom stereocenters. The standard InChI is InChI=1S/C8H13NO5S/c1-2-6(10)9-5(8(13)14)3-15-4-7(11)12/h5H,2-4H2,1H3,(H,9,10)(H,11,12)(H,13,14)/t5-/m0/s1. The van der Waals surface area contributed by atoms with Crippen LogP contribution in [0.25, 0.3) is 0 Å². The summed E-state index contributed by atoms with van der Waals surface area (Å²) in [7, 11) is 0. The zero-order valence-electron chi connectivity index (χ0n) is 8.23. The van der Waals surface area contributed by atoms with Gasteiger partial charge >= 0.3 is 11.9 Å². The van der Waals surface area contributed by atoms with Crippen molar-refractivity contribution < 1.29 is 24.6 Å². The Kier molecular flexibility index (Phi) is 6.52. The van der Waals surface area contributed by atoms with Gasteiger partial charge in [-0.05, 0) is 0 Å². The van der Waals surface area contributed by atoms with Crippen molar-refractivity contribution in [3.8, 4) is 0 Å². The molecule has 1 amide bonds. The number of rotatable bonds is 7. The van der Waals surface area contributed by atoms with Gasteiger partial charge in [0, 0.05) is 12.2 Å². The van der Waals surface area contributed by atoms with Gasteiger partial charge < -0.3 is 15.5 Å². The summed E-state index contributed by atoms with van der Waals surface area (Å²) < 4.78 is 0. The van der Waals surface area contributed by atoms with Crippen LogP contribution in [0.1, 0.15) is 13.3 Å².